The lowest BCUT2D eigenvalue weighted by molar-refractivity contribution is -0.138. The first-order valence-electron chi connectivity index (χ1n) is 7.15. The highest BCUT2D eigenvalue weighted by molar-refractivity contribution is 6.30. The third-order valence-corrected chi connectivity index (χ3v) is 3.87. The maximum absolute atomic E-state index is 12.1. The van der Waals surface area contributed by atoms with Crippen molar-refractivity contribution in [3.8, 4) is 0 Å². The fourth-order valence-electron chi connectivity index (χ4n) is 2.26. The van der Waals surface area contributed by atoms with Crippen LogP contribution in [0.3, 0.4) is 0 Å². The van der Waals surface area contributed by atoms with Gasteiger partial charge in [-0.2, -0.15) is 0 Å². The molecule has 116 valence electrons. The van der Waals surface area contributed by atoms with E-state index in [0.29, 0.717) is 18.2 Å². The Labute approximate surface area is 129 Å². The molecule has 0 aliphatic carbocycles. The molecular formula is C15H21ClN2O3. The molecule has 1 aromatic carbocycles. The van der Waals surface area contributed by atoms with Crippen molar-refractivity contribution in [3.63, 3.8) is 0 Å². The van der Waals surface area contributed by atoms with E-state index >= 15 is 0 Å². The van der Waals surface area contributed by atoms with Crippen molar-refractivity contribution >= 4 is 17.5 Å². The second kappa shape index (κ2) is 7.75. The Bertz CT molecular complexity index is 466. The number of nitrogens with zero attached hydrogens (tertiary/aromatic N) is 1. The number of amides is 1. The molecule has 0 spiro atoms. The van der Waals surface area contributed by atoms with Crippen LogP contribution in [-0.2, 0) is 9.53 Å². The van der Waals surface area contributed by atoms with Crippen molar-refractivity contribution in [2.24, 2.45) is 0 Å². The Morgan fingerprint density at radius 2 is 2.24 bits per heavy atom. The average molecular weight is 313 g/mol. The van der Waals surface area contributed by atoms with Gasteiger partial charge in [-0.3, -0.25) is 9.69 Å². The number of hydrogen-bond donors (Lipinski definition) is 2. The van der Waals surface area contributed by atoms with Crippen LogP contribution in [-0.4, -0.2) is 54.8 Å². The van der Waals surface area contributed by atoms with Gasteiger partial charge in [-0.1, -0.05) is 30.7 Å². The lowest BCUT2D eigenvalue weighted by Gasteiger charge is -2.31. The van der Waals surface area contributed by atoms with Crippen molar-refractivity contribution in [1.82, 2.24) is 10.2 Å². The molecule has 1 amide bonds. The van der Waals surface area contributed by atoms with Crippen LogP contribution in [0.1, 0.15) is 18.6 Å². The first-order valence-corrected chi connectivity index (χ1v) is 7.53. The van der Waals surface area contributed by atoms with Gasteiger partial charge in [-0.05, 0) is 24.2 Å². The zero-order valence-corrected chi connectivity index (χ0v) is 12.8. The molecule has 2 N–H and O–H groups in total. The number of ether oxygens (including phenoxy) is 1. The van der Waals surface area contributed by atoms with Crippen LogP contribution >= 0.6 is 11.6 Å². The molecule has 1 heterocycles. The van der Waals surface area contributed by atoms with Crippen molar-refractivity contribution in [2.75, 3.05) is 32.8 Å². The summed E-state index contributed by atoms with van der Waals surface area (Å²) in [5.41, 5.74) is 0.722. The zero-order valence-electron chi connectivity index (χ0n) is 12.1. The fourth-order valence-corrected chi connectivity index (χ4v) is 2.39. The average Bonchev–Trinajstić information content (AvgIpc) is 2.53. The second-order valence-electron chi connectivity index (χ2n) is 5.07. The van der Waals surface area contributed by atoms with E-state index in [0.717, 1.165) is 18.7 Å². The molecule has 0 bridgehead atoms. The molecule has 6 heteroatoms. The van der Waals surface area contributed by atoms with E-state index in [-0.39, 0.29) is 12.5 Å². The largest absolute Gasteiger partial charge is 0.387 e. The SMILES string of the molecule is CCN1CCOC(C(=O)NCC(O)c2ccc(Cl)cc2)C1. The molecule has 1 aromatic rings. The summed E-state index contributed by atoms with van der Waals surface area (Å²) in [7, 11) is 0. The molecule has 1 aliphatic heterocycles. The summed E-state index contributed by atoms with van der Waals surface area (Å²) in [6, 6.07) is 6.92. The molecule has 0 radical (unpaired) electrons. The van der Waals surface area contributed by atoms with Crippen LogP contribution in [0.15, 0.2) is 24.3 Å². The quantitative estimate of drug-likeness (QED) is 0.858. The van der Waals surface area contributed by atoms with E-state index in [1.165, 1.54) is 0 Å². The predicted octanol–water partition coefficient (Wildman–Crippen LogP) is 1.21. The highest BCUT2D eigenvalue weighted by Crippen LogP contribution is 2.16. The Morgan fingerprint density at radius 3 is 2.90 bits per heavy atom. The summed E-state index contributed by atoms with van der Waals surface area (Å²) < 4.78 is 5.47. The number of rotatable bonds is 5. The van der Waals surface area contributed by atoms with Gasteiger partial charge in [0.1, 0.15) is 6.10 Å². The summed E-state index contributed by atoms with van der Waals surface area (Å²) in [5.74, 6) is -0.179. The molecule has 21 heavy (non-hydrogen) atoms. The lowest BCUT2D eigenvalue weighted by atomic mass is 10.1. The van der Waals surface area contributed by atoms with Crippen molar-refractivity contribution in [1.29, 1.82) is 0 Å². The van der Waals surface area contributed by atoms with Crippen LogP contribution < -0.4 is 5.32 Å². The van der Waals surface area contributed by atoms with Gasteiger partial charge in [0.15, 0.2) is 0 Å². The smallest absolute Gasteiger partial charge is 0.250 e. The van der Waals surface area contributed by atoms with Crippen LogP contribution in [0.2, 0.25) is 5.02 Å². The predicted molar refractivity (Wildman–Crippen MR) is 81.3 cm³/mol. The summed E-state index contributed by atoms with van der Waals surface area (Å²) in [4.78, 5) is 14.2. The minimum absolute atomic E-state index is 0.159. The molecule has 2 rings (SSSR count). The minimum atomic E-state index is -0.753. The molecule has 1 aliphatic rings. The van der Waals surface area contributed by atoms with Gasteiger partial charge < -0.3 is 15.2 Å². The van der Waals surface area contributed by atoms with E-state index in [2.05, 4.69) is 17.1 Å². The normalized spacial score (nSPS) is 21.0. The number of morpholine rings is 1. The fraction of sp³-hybridized carbons (Fsp3) is 0.533. The van der Waals surface area contributed by atoms with Crippen LogP contribution in [0.4, 0.5) is 0 Å². The highest BCUT2D eigenvalue weighted by Gasteiger charge is 2.26. The maximum atomic E-state index is 12.1. The highest BCUT2D eigenvalue weighted by atomic mass is 35.5. The molecule has 1 fully saturated rings. The van der Waals surface area contributed by atoms with E-state index in [1.54, 1.807) is 24.3 Å². The molecule has 0 saturated carbocycles. The van der Waals surface area contributed by atoms with Crippen LogP contribution in [0.25, 0.3) is 0 Å². The van der Waals surface area contributed by atoms with Crippen molar-refractivity contribution in [3.05, 3.63) is 34.9 Å². The van der Waals surface area contributed by atoms with Gasteiger partial charge in [0.05, 0.1) is 12.7 Å². The summed E-state index contributed by atoms with van der Waals surface area (Å²) >= 11 is 5.80. The number of hydrogen-bond acceptors (Lipinski definition) is 4. The minimum Gasteiger partial charge on any atom is -0.387 e. The number of benzene rings is 1. The van der Waals surface area contributed by atoms with Crippen LogP contribution in [0, 0.1) is 0 Å². The van der Waals surface area contributed by atoms with E-state index < -0.39 is 12.2 Å². The van der Waals surface area contributed by atoms with Gasteiger partial charge in [-0.25, -0.2) is 0 Å². The first-order chi connectivity index (χ1) is 10.1. The molecule has 1 saturated heterocycles. The number of likely N-dealkylation sites (N-methyl/N-ethyl adjacent to an activating group) is 1. The van der Waals surface area contributed by atoms with Gasteiger partial charge in [-0.15, -0.1) is 0 Å². The molecule has 5 nitrogen and oxygen atoms in total. The Kier molecular flexibility index (Phi) is 5.99. The van der Waals surface area contributed by atoms with Gasteiger partial charge >= 0.3 is 0 Å². The number of nitrogens with one attached hydrogen (secondary N) is 1. The number of carbonyl (C=O) groups excluding carboxylic acids is 1. The number of carbonyl (C=O) groups is 1. The monoisotopic (exact) mass is 312 g/mol. The standard InChI is InChI=1S/C15H21ClN2O3/c1-2-18-7-8-21-14(10-18)15(20)17-9-13(19)11-3-5-12(16)6-4-11/h3-6,13-14,19H,2,7-10H2,1H3,(H,17,20). The summed E-state index contributed by atoms with van der Waals surface area (Å²) in [6.07, 6.45) is -1.21. The second-order valence-corrected chi connectivity index (χ2v) is 5.50. The third-order valence-electron chi connectivity index (χ3n) is 3.61. The first kappa shape index (κ1) is 16.2. The number of aliphatic hydroxyl groups is 1. The zero-order chi connectivity index (χ0) is 15.2. The Hall–Kier alpha value is -1.14. The topological polar surface area (TPSA) is 61.8 Å². The van der Waals surface area contributed by atoms with E-state index in [9.17, 15) is 9.90 Å². The van der Waals surface area contributed by atoms with E-state index in [1.807, 2.05) is 0 Å². The van der Waals surface area contributed by atoms with Crippen LogP contribution in [0.5, 0.6) is 0 Å². The molecule has 0 aromatic heterocycles. The maximum Gasteiger partial charge on any atom is 0.250 e. The van der Waals surface area contributed by atoms with Gasteiger partial charge in [0.2, 0.25) is 0 Å². The van der Waals surface area contributed by atoms with Gasteiger partial charge in [0.25, 0.3) is 5.91 Å². The summed E-state index contributed by atoms with van der Waals surface area (Å²) in [6.45, 7) is 5.14. The third kappa shape index (κ3) is 4.68. The Morgan fingerprint density at radius 1 is 1.52 bits per heavy atom. The summed E-state index contributed by atoms with van der Waals surface area (Å²) in [5, 5.41) is 13.4. The molecule has 2 atom stereocenters. The Balaban J connectivity index is 1.81. The molecule has 2 unspecified atom stereocenters. The molecular weight excluding hydrogens is 292 g/mol. The number of halogens is 1. The van der Waals surface area contributed by atoms with Gasteiger partial charge in [0, 0.05) is 24.7 Å². The number of aliphatic hydroxyl groups excluding tert-OH is 1. The van der Waals surface area contributed by atoms with E-state index in [4.69, 9.17) is 16.3 Å². The lowest BCUT2D eigenvalue weighted by Crippen LogP contribution is -2.50. The van der Waals surface area contributed by atoms with Crippen molar-refractivity contribution in [2.45, 2.75) is 19.1 Å². The van der Waals surface area contributed by atoms with Crippen molar-refractivity contribution < 1.29 is 14.6 Å².